The molecular weight excluding hydrogens is 290 g/mol. The Balaban J connectivity index is 2.01. The van der Waals surface area contributed by atoms with Crippen molar-refractivity contribution < 1.29 is 14.7 Å². The van der Waals surface area contributed by atoms with Crippen molar-refractivity contribution in [3.05, 3.63) is 45.7 Å². The molecule has 0 aliphatic carbocycles. The summed E-state index contributed by atoms with van der Waals surface area (Å²) in [5.41, 5.74) is 0.185. The van der Waals surface area contributed by atoms with Crippen molar-refractivity contribution in [2.45, 2.75) is 13.3 Å². The number of aromatic carboxylic acids is 1. The molecule has 1 N–H and O–H groups in total. The van der Waals surface area contributed by atoms with Crippen molar-refractivity contribution in [2.24, 2.45) is 0 Å². The highest BCUT2D eigenvalue weighted by molar-refractivity contribution is 7.11. The molecule has 0 fully saturated rings. The number of nitrogens with zero attached hydrogens (tertiary/aromatic N) is 3. The summed E-state index contributed by atoms with van der Waals surface area (Å²) in [4.78, 5) is 33.9. The monoisotopic (exact) mass is 305 g/mol. The summed E-state index contributed by atoms with van der Waals surface area (Å²) in [6, 6.07) is 2.65. The third-order valence-corrected chi connectivity index (χ3v) is 3.88. The van der Waals surface area contributed by atoms with E-state index in [-0.39, 0.29) is 17.2 Å². The molecule has 0 spiro atoms. The van der Waals surface area contributed by atoms with E-state index >= 15 is 0 Å². The number of thiazole rings is 1. The molecule has 0 aliphatic rings. The van der Waals surface area contributed by atoms with Crippen LogP contribution < -0.4 is 0 Å². The lowest BCUT2D eigenvalue weighted by Gasteiger charge is -2.16. The van der Waals surface area contributed by atoms with Gasteiger partial charge in [-0.3, -0.25) is 9.78 Å². The Morgan fingerprint density at radius 2 is 2.14 bits per heavy atom. The summed E-state index contributed by atoms with van der Waals surface area (Å²) in [5, 5.41) is 9.90. The number of carbonyl (C=O) groups is 2. The van der Waals surface area contributed by atoms with Gasteiger partial charge in [-0.15, -0.1) is 11.3 Å². The molecule has 1 amide bonds. The highest BCUT2D eigenvalue weighted by Crippen LogP contribution is 2.12. The molecule has 2 aromatic rings. The van der Waals surface area contributed by atoms with Crippen molar-refractivity contribution >= 4 is 23.2 Å². The number of rotatable bonds is 5. The Hall–Kier alpha value is -2.28. The SMILES string of the molecule is Cc1cnc(CCN(C)C(=O)c2cc(C(=O)O)ccn2)s1. The highest BCUT2D eigenvalue weighted by Gasteiger charge is 2.15. The van der Waals surface area contributed by atoms with E-state index in [4.69, 9.17) is 5.11 Å². The summed E-state index contributed by atoms with van der Waals surface area (Å²) in [6.45, 7) is 2.49. The van der Waals surface area contributed by atoms with Gasteiger partial charge in [-0.25, -0.2) is 9.78 Å². The number of aromatic nitrogens is 2. The molecular formula is C14H15N3O3S. The lowest BCUT2D eigenvalue weighted by atomic mass is 10.2. The van der Waals surface area contributed by atoms with Crippen molar-refractivity contribution in [3.8, 4) is 0 Å². The first-order chi connectivity index (χ1) is 9.97. The van der Waals surface area contributed by atoms with Crippen LogP contribution in [0, 0.1) is 6.92 Å². The van der Waals surface area contributed by atoms with Gasteiger partial charge in [-0.05, 0) is 19.1 Å². The molecule has 0 radical (unpaired) electrons. The number of aryl methyl sites for hydroxylation is 1. The van der Waals surface area contributed by atoms with Gasteiger partial charge in [-0.2, -0.15) is 0 Å². The predicted molar refractivity (Wildman–Crippen MR) is 78.7 cm³/mol. The average Bonchev–Trinajstić information content (AvgIpc) is 2.89. The van der Waals surface area contributed by atoms with Crippen LogP contribution in [0.5, 0.6) is 0 Å². The van der Waals surface area contributed by atoms with E-state index in [0.29, 0.717) is 13.0 Å². The Morgan fingerprint density at radius 1 is 1.38 bits per heavy atom. The van der Waals surface area contributed by atoms with Crippen molar-refractivity contribution in [1.29, 1.82) is 0 Å². The second-order valence-electron chi connectivity index (χ2n) is 4.58. The van der Waals surface area contributed by atoms with Crippen LogP contribution in [0.4, 0.5) is 0 Å². The Labute approximate surface area is 126 Å². The molecule has 0 aromatic carbocycles. The normalized spacial score (nSPS) is 10.4. The third kappa shape index (κ3) is 3.85. The summed E-state index contributed by atoms with van der Waals surface area (Å²) >= 11 is 1.60. The minimum absolute atomic E-state index is 0.0531. The third-order valence-electron chi connectivity index (χ3n) is 2.90. The maximum Gasteiger partial charge on any atom is 0.335 e. The van der Waals surface area contributed by atoms with Crippen molar-refractivity contribution in [3.63, 3.8) is 0 Å². The second-order valence-corrected chi connectivity index (χ2v) is 5.90. The average molecular weight is 305 g/mol. The van der Waals surface area contributed by atoms with Gasteiger partial charge in [0.25, 0.3) is 5.91 Å². The maximum absolute atomic E-state index is 12.2. The molecule has 2 rings (SSSR count). The predicted octanol–water partition coefficient (Wildman–Crippen LogP) is 1.86. The minimum Gasteiger partial charge on any atom is -0.478 e. The van der Waals surface area contributed by atoms with Gasteiger partial charge in [0.2, 0.25) is 0 Å². The number of amides is 1. The molecule has 0 saturated carbocycles. The summed E-state index contributed by atoms with van der Waals surface area (Å²) in [6.07, 6.45) is 3.80. The van der Waals surface area contributed by atoms with E-state index < -0.39 is 5.97 Å². The Bertz CT molecular complexity index is 669. The lowest BCUT2D eigenvalue weighted by molar-refractivity contribution is 0.0696. The fourth-order valence-electron chi connectivity index (χ4n) is 1.76. The van der Waals surface area contributed by atoms with E-state index in [1.165, 1.54) is 23.2 Å². The number of pyridine rings is 1. The number of hydrogen-bond acceptors (Lipinski definition) is 5. The van der Waals surface area contributed by atoms with Gasteiger partial charge >= 0.3 is 5.97 Å². The smallest absolute Gasteiger partial charge is 0.335 e. The largest absolute Gasteiger partial charge is 0.478 e. The van der Waals surface area contributed by atoms with E-state index in [0.717, 1.165) is 9.88 Å². The standard InChI is InChI=1S/C14H15N3O3S/c1-9-8-16-12(21-9)4-6-17(2)13(18)11-7-10(14(19)20)3-5-15-11/h3,5,7-8H,4,6H2,1-2H3,(H,19,20). The minimum atomic E-state index is -1.08. The van der Waals surface area contributed by atoms with Gasteiger partial charge in [-0.1, -0.05) is 0 Å². The number of hydrogen-bond donors (Lipinski definition) is 1. The van der Waals surface area contributed by atoms with E-state index in [9.17, 15) is 9.59 Å². The van der Waals surface area contributed by atoms with E-state index in [1.807, 2.05) is 6.92 Å². The molecule has 110 valence electrons. The molecule has 0 saturated heterocycles. The van der Waals surface area contributed by atoms with E-state index in [1.54, 1.807) is 24.6 Å². The lowest BCUT2D eigenvalue weighted by Crippen LogP contribution is -2.29. The molecule has 0 aliphatic heterocycles. The molecule has 2 heterocycles. The van der Waals surface area contributed by atoms with Crippen LogP contribution >= 0.6 is 11.3 Å². The molecule has 7 heteroatoms. The maximum atomic E-state index is 12.2. The second kappa shape index (κ2) is 6.45. The molecule has 21 heavy (non-hydrogen) atoms. The Morgan fingerprint density at radius 3 is 2.76 bits per heavy atom. The van der Waals surface area contributed by atoms with Gasteiger partial charge < -0.3 is 10.0 Å². The van der Waals surface area contributed by atoms with Crippen LogP contribution in [0.15, 0.2) is 24.5 Å². The van der Waals surface area contributed by atoms with Gasteiger partial charge in [0.15, 0.2) is 0 Å². The van der Waals surface area contributed by atoms with Crippen molar-refractivity contribution in [2.75, 3.05) is 13.6 Å². The summed E-state index contributed by atoms with van der Waals surface area (Å²) < 4.78 is 0. The zero-order valence-corrected chi connectivity index (χ0v) is 12.6. The first-order valence-electron chi connectivity index (χ1n) is 6.33. The van der Waals surface area contributed by atoms with Crippen molar-refractivity contribution in [1.82, 2.24) is 14.9 Å². The van der Waals surface area contributed by atoms with Crippen LogP contribution in [0.2, 0.25) is 0 Å². The zero-order chi connectivity index (χ0) is 15.4. The topological polar surface area (TPSA) is 83.4 Å². The van der Waals surface area contributed by atoms with Crippen LogP contribution in [0.3, 0.4) is 0 Å². The fraction of sp³-hybridized carbons (Fsp3) is 0.286. The highest BCUT2D eigenvalue weighted by atomic mass is 32.1. The molecule has 0 bridgehead atoms. The van der Waals surface area contributed by atoms with Crippen LogP contribution in [-0.2, 0) is 6.42 Å². The fourth-order valence-corrected chi connectivity index (χ4v) is 2.53. The van der Waals surface area contributed by atoms with Crippen LogP contribution in [0.1, 0.15) is 30.7 Å². The van der Waals surface area contributed by atoms with Crippen LogP contribution in [0.25, 0.3) is 0 Å². The van der Waals surface area contributed by atoms with Crippen LogP contribution in [-0.4, -0.2) is 45.4 Å². The summed E-state index contributed by atoms with van der Waals surface area (Å²) in [7, 11) is 1.66. The van der Waals surface area contributed by atoms with Gasteiger partial charge in [0, 0.05) is 37.3 Å². The van der Waals surface area contributed by atoms with E-state index in [2.05, 4.69) is 9.97 Å². The first-order valence-corrected chi connectivity index (χ1v) is 7.15. The molecule has 0 unspecified atom stereocenters. The Kier molecular flexibility index (Phi) is 4.64. The number of carboxylic acid groups (broad SMARTS) is 1. The van der Waals surface area contributed by atoms with Gasteiger partial charge in [0.05, 0.1) is 10.6 Å². The summed E-state index contributed by atoms with van der Waals surface area (Å²) in [5.74, 6) is -1.38. The number of likely N-dealkylation sites (N-methyl/N-ethyl adjacent to an activating group) is 1. The molecule has 6 nitrogen and oxygen atoms in total. The molecule has 0 atom stereocenters. The quantitative estimate of drug-likeness (QED) is 0.911. The number of carbonyl (C=O) groups excluding carboxylic acids is 1. The number of carboxylic acids is 1. The zero-order valence-electron chi connectivity index (χ0n) is 11.7. The van der Waals surface area contributed by atoms with Gasteiger partial charge in [0.1, 0.15) is 5.69 Å². The molecule has 2 aromatic heterocycles. The first kappa shape index (κ1) is 15.1.